The molecule has 0 saturated carbocycles. The third-order valence-corrected chi connectivity index (χ3v) is 4.90. The van der Waals surface area contributed by atoms with Crippen LogP contribution in [0.2, 0.25) is 0 Å². The summed E-state index contributed by atoms with van der Waals surface area (Å²) >= 11 is 4.99. The second-order valence-electron chi connectivity index (χ2n) is 3.06. The molecule has 0 amide bonds. The summed E-state index contributed by atoms with van der Waals surface area (Å²) in [6.45, 7) is 1.08. The van der Waals surface area contributed by atoms with Crippen molar-refractivity contribution < 1.29 is 9.42 Å². The highest BCUT2D eigenvalue weighted by molar-refractivity contribution is 8.09. The first-order chi connectivity index (χ1) is 6.02. The summed E-state index contributed by atoms with van der Waals surface area (Å²) in [5.41, 5.74) is -0.0114. The van der Waals surface area contributed by atoms with Crippen molar-refractivity contribution in [3.63, 3.8) is 0 Å². The van der Waals surface area contributed by atoms with Crippen molar-refractivity contribution in [3.05, 3.63) is 30.3 Å². The molecule has 0 aromatic heterocycles. The number of hydrogen-bond acceptors (Lipinski definition) is 2. The van der Waals surface area contributed by atoms with Gasteiger partial charge in [0.1, 0.15) is 5.75 Å². The largest absolute Gasteiger partial charge is 0.443 e. The summed E-state index contributed by atoms with van der Waals surface area (Å²) in [5, 5.41) is 0. The van der Waals surface area contributed by atoms with E-state index in [0.29, 0.717) is 5.75 Å². The fourth-order valence-corrected chi connectivity index (χ4v) is 1.63. The smallest absolute Gasteiger partial charge is 0.238 e. The molecule has 0 radical (unpaired) electrons. The van der Waals surface area contributed by atoms with Crippen LogP contribution in [0.4, 0.5) is 0 Å². The van der Waals surface area contributed by atoms with E-state index >= 15 is 0 Å². The van der Waals surface area contributed by atoms with E-state index in [2.05, 4.69) is 0 Å². The Kier molecular flexibility index (Phi) is 3.48. The zero-order valence-corrected chi connectivity index (χ0v) is 9.39. The van der Waals surface area contributed by atoms with E-state index in [1.54, 1.807) is 12.1 Å². The third kappa shape index (κ3) is 3.11. The quantitative estimate of drug-likeness (QED) is 0.788. The Labute approximate surface area is 83.7 Å². The Hall–Kier alpha value is -0.370. The number of para-hydroxylation sites is 1. The van der Waals surface area contributed by atoms with Crippen LogP contribution in [0.15, 0.2) is 30.3 Å². The van der Waals surface area contributed by atoms with Crippen molar-refractivity contribution in [1.29, 1.82) is 0 Å². The standard InChI is InChI=1S/C9H13O2PS/c1-8(2)12(10,13)11-9-6-4-3-5-7-9/h3-8H,1-2H3,(H,10,13). The third-order valence-electron chi connectivity index (χ3n) is 1.63. The van der Waals surface area contributed by atoms with Crippen molar-refractivity contribution in [2.24, 2.45) is 0 Å². The zero-order chi connectivity index (χ0) is 9.90. The van der Waals surface area contributed by atoms with Crippen molar-refractivity contribution >= 4 is 18.3 Å². The first kappa shape index (κ1) is 10.7. The number of hydrogen-bond donors (Lipinski definition) is 1. The average molecular weight is 216 g/mol. The minimum Gasteiger partial charge on any atom is -0.443 e. The predicted octanol–water partition coefficient (Wildman–Crippen LogP) is 2.78. The van der Waals surface area contributed by atoms with Gasteiger partial charge in [-0.1, -0.05) is 32.0 Å². The first-order valence-electron chi connectivity index (χ1n) is 4.09. The van der Waals surface area contributed by atoms with Gasteiger partial charge in [0, 0.05) is 5.66 Å². The molecule has 0 fully saturated rings. The van der Waals surface area contributed by atoms with Gasteiger partial charge in [-0.3, -0.25) is 0 Å². The summed E-state index contributed by atoms with van der Waals surface area (Å²) in [5.74, 6) is 0.641. The van der Waals surface area contributed by atoms with Crippen LogP contribution in [0.25, 0.3) is 0 Å². The van der Waals surface area contributed by atoms with E-state index in [4.69, 9.17) is 16.3 Å². The van der Waals surface area contributed by atoms with E-state index in [-0.39, 0.29) is 5.66 Å². The lowest BCUT2D eigenvalue weighted by Gasteiger charge is -2.20. The summed E-state index contributed by atoms with van der Waals surface area (Å²) in [7, 11) is 0. The van der Waals surface area contributed by atoms with Crippen LogP contribution in [0, 0.1) is 0 Å². The molecule has 4 heteroatoms. The van der Waals surface area contributed by atoms with Gasteiger partial charge in [0.2, 0.25) is 6.49 Å². The Balaban J connectivity index is 2.76. The van der Waals surface area contributed by atoms with Crippen LogP contribution in [0.5, 0.6) is 5.75 Å². The molecule has 1 unspecified atom stereocenters. The van der Waals surface area contributed by atoms with Crippen molar-refractivity contribution in [2.75, 3.05) is 0 Å². The van der Waals surface area contributed by atoms with E-state index in [9.17, 15) is 4.89 Å². The highest BCUT2D eigenvalue weighted by Crippen LogP contribution is 2.47. The second kappa shape index (κ2) is 4.23. The Morgan fingerprint density at radius 2 is 1.85 bits per heavy atom. The van der Waals surface area contributed by atoms with Gasteiger partial charge in [0.15, 0.2) is 0 Å². The maximum atomic E-state index is 9.75. The Bertz CT molecular complexity index is 311. The monoisotopic (exact) mass is 216 g/mol. The van der Waals surface area contributed by atoms with Gasteiger partial charge in [-0.25, -0.2) is 0 Å². The van der Waals surface area contributed by atoms with Crippen molar-refractivity contribution in [2.45, 2.75) is 19.5 Å². The van der Waals surface area contributed by atoms with Gasteiger partial charge in [0.25, 0.3) is 0 Å². The Morgan fingerprint density at radius 1 is 1.31 bits per heavy atom. The summed E-state index contributed by atoms with van der Waals surface area (Å²) in [6, 6.07) is 9.18. The lowest BCUT2D eigenvalue weighted by molar-refractivity contribution is 0.472. The van der Waals surface area contributed by atoms with Gasteiger partial charge < -0.3 is 9.42 Å². The van der Waals surface area contributed by atoms with Crippen LogP contribution in [-0.4, -0.2) is 10.6 Å². The highest BCUT2D eigenvalue weighted by Gasteiger charge is 2.19. The van der Waals surface area contributed by atoms with Crippen LogP contribution in [0.3, 0.4) is 0 Å². The van der Waals surface area contributed by atoms with Crippen LogP contribution in [-0.2, 0) is 11.8 Å². The molecule has 0 saturated heterocycles. The molecule has 0 aliphatic carbocycles. The Morgan fingerprint density at radius 3 is 2.31 bits per heavy atom. The van der Waals surface area contributed by atoms with E-state index in [0.717, 1.165) is 0 Å². The molecular formula is C9H13O2PS. The minimum atomic E-state index is -2.65. The number of benzene rings is 1. The molecule has 0 aliphatic heterocycles. The van der Waals surface area contributed by atoms with Gasteiger partial charge in [-0.05, 0) is 23.9 Å². The van der Waals surface area contributed by atoms with E-state index in [1.165, 1.54) is 0 Å². The highest BCUT2D eigenvalue weighted by atomic mass is 32.5. The van der Waals surface area contributed by atoms with Crippen LogP contribution >= 0.6 is 6.49 Å². The summed E-state index contributed by atoms with van der Waals surface area (Å²) in [6.07, 6.45) is 0. The predicted molar refractivity (Wildman–Crippen MR) is 58.7 cm³/mol. The lowest BCUT2D eigenvalue weighted by Crippen LogP contribution is -2.02. The van der Waals surface area contributed by atoms with Gasteiger partial charge in [-0.2, -0.15) is 0 Å². The molecular weight excluding hydrogens is 203 g/mol. The molecule has 72 valence electrons. The molecule has 1 N–H and O–H groups in total. The van der Waals surface area contributed by atoms with Crippen molar-refractivity contribution in [3.8, 4) is 5.75 Å². The minimum absolute atomic E-state index is 0.0114. The summed E-state index contributed by atoms with van der Waals surface area (Å²) in [4.78, 5) is 9.75. The number of rotatable bonds is 3. The fraction of sp³-hybridized carbons (Fsp3) is 0.333. The second-order valence-corrected chi connectivity index (χ2v) is 6.98. The molecule has 1 aromatic rings. The molecule has 2 nitrogen and oxygen atoms in total. The average Bonchev–Trinajstić information content (AvgIpc) is 2.05. The molecule has 0 bridgehead atoms. The van der Waals surface area contributed by atoms with Crippen LogP contribution in [0.1, 0.15) is 13.8 Å². The van der Waals surface area contributed by atoms with Gasteiger partial charge >= 0.3 is 0 Å². The fourth-order valence-electron chi connectivity index (χ4n) is 0.738. The molecule has 13 heavy (non-hydrogen) atoms. The lowest BCUT2D eigenvalue weighted by atomic mass is 10.3. The normalized spacial score (nSPS) is 15.4. The zero-order valence-electron chi connectivity index (χ0n) is 7.68. The maximum Gasteiger partial charge on any atom is 0.238 e. The van der Waals surface area contributed by atoms with Crippen molar-refractivity contribution in [1.82, 2.24) is 0 Å². The molecule has 1 rings (SSSR count). The molecule has 0 spiro atoms. The molecule has 1 aromatic carbocycles. The van der Waals surface area contributed by atoms with Gasteiger partial charge in [0.05, 0.1) is 0 Å². The SMILES string of the molecule is CC(C)P(O)(=S)Oc1ccccc1. The first-order valence-corrected chi connectivity index (χ1v) is 6.83. The topological polar surface area (TPSA) is 29.5 Å². The molecule has 0 heterocycles. The van der Waals surface area contributed by atoms with E-state index < -0.39 is 6.49 Å². The van der Waals surface area contributed by atoms with E-state index in [1.807, 2.05) is 32.0 Å². The van der Waals surface area contributed by atoms with Gasteiger partial charge in [-0.15, -0.1) is 0 Å². The van der Waals surface area contributed by atoms with Crippen LogP contribution < -0.4 is 4.52 Å². The molecule has 1 atom stereocenters. The molecule has 0 aliphatic rings. The summed E-state index contributed by atoms with van der Waals surface area (Å²) < 4.78 is 5.34. The maximum absolute atomic E-state index is 9.75.